The van der Waals surface area contributed by atoms with Crippen LogP contribution in [0.2, 0.25) is 0 Å². The first-order valence-corrected chi connectivity index (χ1v) is 4.75. The van der Waals surface area contributed by atoms with Crippen LogP contribution in [0, 0.1) is 0 Å². The first-order chi connectivity index (χ1) is 7.02. The van der Waals surface area contributed by atoms with Crippen LogP contribution in [-0.4, -0.2) is 21.6 Å². The van der Waals surface area contributed by atoms with Crippen LogP contribution >= 0.6 is 0 Å². The molecule has 0 saturated heterocycles. The molecule has 1 aromatic carbocycles. The fourth-order valence-corrected chi connectivity index (χ4v) is 1.76. The number of benzene rings is 1. The van der Waals surface area contributed by atoms with Crippen LogP contribution in [0.5, 0.6) is 11.5 Å². The first kappa shape index (κ1) is 9.83. The average Bonchev–Trinajstić information content (AvgIpc) is 2.14. The Kier molecular flexibility index (Phi) is 2.07. The van der Waals surface area contributed by atoms with Crippen molar-refractivity contribution in [3.8, 4) is 11.5 Å². The minimum atomic E-state index is -0.414. The number of aromatic hydroxyl groups is 1. The fraction of sp³-hybridized carbons (Fsp3) is 0.364. The van der Waals surface area contributed by atoms with Gasteiger partial charge in [-0.15, -0.1) is 0 Å². The molecule has 0 aliphatic carbocycles. The van der Waals surface area contributed by atoms with E-state index < -0.39 is 5.60 Å². The molecule has 0 aromatic heterocycles. The smallest absolute Gasteiger partial charge is 0.133 e. The predicted octanol–water partition coefficient (Wildman–Crippen LogP) is 2.13. The number of rotatable bonds is 0. The van der Waals surface area contributed by atoms with Crippen molar-refractivity contribution < 1.29 is 15.1 Å². The first-order valence-electron chi connectivity index (χ1n) is 4.75. The second-order valence-electron chi connectivity index (χ2n) is 4.27. The highest BCUT2D eigenvalue weighted by molar-refractivity contribution is 6.04. The maximum absolute atomic E-state index is 9.34. The third-order valence-electron chi connectivity index (χ3n) is 2.38. The Morgan fingerprint density at radius 3 is 2.80 bits per heavy atom. The summed E-state index contributed by atoms with van der Waals surface area (Å²) < 4.78 is 5.68. The summed E-state index contributed by atoms with van der Waals surface area (Å²) in [6.07, 6.45) is 0.543. The van der Waals surface area contributed by atoms with Gasteiger partial charge in [-0.2, -0.15) is 0 Å². The van der Waals surface area contributed by atoms with Crippen molar-refractivity contribution in [3.05, 3.63) is 23.8 Å². The van der Waals surface area contributed by atoms with E-state index in [1.807, 2.05) is 13.8 Å². The number of fused-ring (bicyclic) bond motifs is 1. The van der Waals surface area contributed by atoms with Gasteiger partial charge in [0.15, 0.2) is 0 Å². The van der Waals surface area contributed by atoms with Crippen LogP contribution in [0.4, 0.5) is 0 Å². The molecule has 0 atom stereocenters. The molecule has 0 radical (unpaired) electrons. The zero-order chi connectivity index (χ0) is 11.1. The van der Waals surface area contributed by atoms with Gasteiger partial charge in [-0.25, -0.2) is 0 Å². The summed E-state index contributed by atoms with van der Waals surface area (Å²) in [4.78, 5) is 0. The number of ether oxygens (including phenoxy) is 1. The summed E-state index contributed by atoms with van der Waals surface area (Å²) in [6, 6.07) is 4.77. The van der Waals surface area contributed by atoms with E-state index in [-0.39, 0.29) is 5.75 Å². The third kappa shape index (κ3) is 1.75. The molecule has 1 heterocycles. The highest BCUT2D eigenvalue weighted by Gasteiger charge is 2.31. The molecule has 0 spiro atoms. The Labute approximate surface area is 87.8 Å². The van der Waals surface area contributed by atoms with Crippen molar-refractivity contribution in [2.45, 2.75) is 25.9 Å². The topological polar surface area (TPSA) is 62.1 Å². The SMILES string of the molecule is CC1(C)C/C(=N/O)c2ccc(O)cc2O1. The summed E-state index contributed by atoms with van der Waals surface area (Å²) in [5.74, 6) is 0.697. The van der Waals surface area contributed by atoms with Crippen molar-refractivity contribution >= 4 is 5.71 Å². The lowest BCUT2D eigenvalue weighted by Gasteiger charge is -2.32. The molecule has 2 N–H and O–H groups in total. The van der Waals surface area contributed by atoms with Gasteiger partial charge in [0, 0.05) is 18.1 Å². The Bertz CT molecular complexity index is 424. The van der Waals surface area contributed by atoms with E-state index in [1.165, 1.54) is 6.07 Å². The molecule has 1 aromatic rings. The molecule has 1 aliphatic heterocycles. The number of hydrogen-bond donors (Lipinski definition) is 2. The number of nitrogens with zero attached hydrogens (tertiary/aromatic N) is 1. The third-order valence-corrected chi connectivity index (χ3v) is 2.38. The Morgan fingerprint density at radius 2 is 2.13 bits per heavy atom. The predicted molar refractivity (Wildman–Crippen MR) is 55.8 cm³/mol. The fourth-order valence-electron chi connectivity index (χ4n) is 1.76. The summed E-state index contributed by atoms with van der Waals surface area (Å²) >= 11 is 0. The molecular weight excluding hydrogens is 194 g/mol. The van der Waals surface area contributed by atoms with Gasteiger partial charge in [0.2, 0.25) is 0 Å². The molecule has 80 valence electrons. The van der Waals surface area contributed by atoms with Crippen molar-refractivity contribution in [2.24, 2.45) is 5.16 Å². The minimum Gasteiger partial charge on any atom is -0.508 e. The highest BCUT2D eigenvalue weighted by Crippen LogP contribution is 2.35. The van der Waals surface area contributed by atoms with E-state index in [9.17, 15) is 5.11 Å². The summed E-state index contributed by atoms with van der Waals surface area (Å²) in [7, 11) is 0. The molecule has 0 bridgehead atoms. The largest absolute Gasteiger partial charge is 0.508 e. The lowest BCUT2D eigenvalue weighted by Crippen LogP contribution is -2.36. The van der Waals surface area contributed by atoms with E-state index in [4.69, 9.17) is 9.94 Å². The van der Waals surface area contributed by atoms with Crippen LogP contribution in [0.3, 0.4) is 0 Å². The summed E-state index contributed by atoms with van der Waals surface area (Å²) in [5, 5.41) is 21.5. The number of oxime groups is 1. The van der Waals surface area contributed by atoms with Crippen LogP contribution in [0.15, 0.2) is 23.4 Å². The molecule has 4 heteroatoms. The van der Waals surface area contributed by atoms with Gasteiger partial charge in [-0.1, -0.05) is 5.16 Å². The second-order valence-corrected chi connectivity index (χ2v) is 4.27. The van der Waals surface area contributed by atoms with Gasteiger partial charge in [-0.05, 0) is 26.0 Å². The van der Waals surface area contributed by atoms with Crippen molar-refractivity contribution in [3.63, 3.8) is 0 Å². The lowest BCUT2D eigenvalue weighted by atomic mass is 9.92. The van der Waals surface area contributed by atoms with Gasteiger partial charge in [0.1, 0.15) is 17.1 Å². The second kappa shape index (κ2) is 3.15. The van der Waals surface area contributed by atoms with Gasteiger partial charge in [-0.3, -0.25) is 0 Å². The van der Waals surface area contributed by atoms with E-state index in [0.717, 1.165) is 5.56 Å². The van der Waals surface area contributed by atoms with E-state index in [0.29, 0.717) is 17.9 Å². The maximum atomic E-state index is 9.34. The molecular formula is C11H13NO3. The van der Waals surface area contributed by atoms with Crippen LogP contribution in [0.25, 0.3) is 0 Å². The van der Waals surface area contributed by atoms with Crippen molar-refractivity contribution in [1.82, 2.24) is 0 Å². The Morgan fingerprint density at radius 1 is 1.40 bits per heavy atom. The lowest BCUT2D eigenvalue weighted by molar-refractivity contribution is 0.109. The van der Waals surface area contributed by atoms with Crippen LogP contribution in [0.1, 0.15) is 25.8 Å². The van der Waals surface area contributed by atoms with Gasteiger partial charge in [0.05, 0.1) is 5.71 Å². The van der Waals surface area contributed by atoms with Gasteiger partial charge in [0.25, 0.3) is 0 Å². The van der Waals surface area contributed by atoms with Crippen molar-refractivity contribution in [1.29, 1.82) is 0 Å². The number of hydrogen-bond acceptors (Lipinski definition) is 4. The molecule has 0 fully saturated rings. The Hall–Kier alpha value is -1.71. The zero-order valence-electron chi connectivity index (χ0n) is 8.69. The maximum Gasteiger partial charge on any atom is 0.133 e. The molecule has 0 saturated carbocycles. The van der Waals surface area contributed by atoms with E-state index >= 15 is 0 Å². The van der Waals surface area contributed by atoms with E-state index in [2.05, 4.69) is 5.16 Å². The molecule has 0 amide bonds. The minimum absolute atomic E-state index is 0.142. The quantitative estimate of drug-likeness (QED) is 0.506. The standard InChI is InChI=1S/C11H13NO3/c1-11(2)6-9(12-14)8-4-3-7(13)5-10(8)15-11/h3-5,13-14H,6H2,1-2H3/b12-9-. The highest BCUT2D eigenvalue weighted by atomic mass is 16.5. The summed E-state index contributed by atoms with van der Waals surface area (Å²) in [6.45, 7) is 3.82. The molecule has 2 rings (SSSR count). The summed E-state index contributed by atoms with van der Waals surface area (Å²) in [5.41, 5.74) is 0.901. The van der Waals surface area contributed by atoms with Crippen LogP contribution < -0.4 is 4.74 Å². The zero-order valence-corrected chi connectivity index (χ0v) is 8.69. The Balaban J connectivity index is 2.54. The van der Waals surface area contributed by atoms with Gasteiger partial charge >= 0.3 is 0 Å². The molecule has 15 heavy (non-hydrogen) atoms. The number of phenols is 1. The van der Waals surface area contributed by atoms with Crippen molar-refractivity contribution in [2.75, 3.05) is 0 Å². The van der Waals surface area contributed by atoms with Gasteiger partial charge < -0.3 is 15.1 Å². The monoisotopic (exact) mass is 207 g/mol. The molecule has 1 aliphatic rings. The molecule has 4 nitrogen and oxygen atoms in total. The molecule has 0 unspecified atom stereocenters. The number of phenolic OH excluding ortho intramolecular Hbond substituents is 1. The van der Waals surface area contributed by atoms with Crippen LogP contribution in [-0.2, 0) is 0 Å². The average molecular weight is 207 g/mol. The normalized spacial score (nSPS) is 20.8. The van der Waals surface area contributed by atoms with E-state index in [1.54, 1.807) is 12.1 Å².